The topological polar surface area (TPSA) is 20.2 Å². The van der Waals surface area contributed by atoms with Crippen molar-refractivity contribution < 1.29 is 9.50 Å². The Labute approximate surface area is 87.8 Å². The molecule has 2 heteroatoms. The van der Waals surface area contributed by atoms with Crippen LogP contribution in [-0.2, 0) is 0 Å². The zero-order chi connectivity index (χ0) is 10.8. The SMILES string of the molecule is Cc1ccc(F)cc1-c1cccc(O)c1. The molecule has 0 aliphatic rings. The van der Waals surface area contributed by atoms with Crippen molar-refractivity contribution in [3.8, 4) is 16.9 Å². The van der Waals surface area contributed by atoms with Crippen molar-refractivity contribution in [3.63, 3.8) is 0 Å². The Hall–Kier alpha value is -1.83. The van der Waals surface area contributed by atoms with E-state index in [9.17, 15) is 9.50 Å². The highest BCUT2D eigenvalue weighted by Gasteiger charge is 2.03. The number of rotatable bonds is 1. The maximum absolute atomic E-state index is 13.1. The maximum Gasteiger partial charge on any atom is 0.123 e. The van der Waals surface area contributed by atoms with Crippen molar-refractivity contribution in [2.24, 2.45) is 0 Å². The average molecular weight is 202 g/mol. The second kappa shape index (κ2) is 3.73. The fourth-order valence-electron chi connectivity index (χ4n) is 1.58. The highest BCUT2D eigenvalue weighted by molar-refractivity contribution is 5.68. The molecule has 76 valence electrons. The van der Waals surface area contributed by atoms with Crippen LogP contribution in [0, 0.1) is 12.7 Å². The quantitative estimate of drug-likeness (QED) is 0.750. The Bertz CT molecular complexity index is 492. The zero-order valence-electron chi connectivity index (χ0n) is 8.37. The summed E-state index contributed by atoms with van der Waals surface area (Å²) in [5.74, 6) is -0.0740. The Balaban J connectivity index is 2.58. The summed E-state index contributed by atoms with van der Waals surface area (Å²) in [4.78, 5) is 0. The largest absolute Gasteiger partial charge is 0.508 e. The Morgan fingerprint density at radius 1 is 1.07 bits per heavy atom. The van der Waals surface area contributed by atoms with Crippen LogP contribution in [-0.4, -0.2) is 5.11 Å². The van der Waals surface area contributed by atoms with Gasteiger partial charge in [0.05, 0.1) is 0 Å². The first-order chi connectivity index (χ1) is 7.16. The van der Waals surface area contributed by atoms with Crippen molar-refractivity contribution >= 4 is 0 Å². The minimum Gasteiger partial charge on any atom is -0.508 e. The number of hydrogen-bond donors (Lipinski definition) is 1. The van der Waals surface area contributed by atoms with E-state index in [2.05, 4.69) is 0 Å². The van der Waals surface area contributed by atoms with Gasteiger partial charge in [-0.2, -0.15) is 0 Å². The van der Waals surface area contributed by atoms with Gasteiger partial charge < -0.3 is 5.11 Å². The van der Waals surface area contributed by atoms with Gasteiger partial charge in [0.2, 0.25) is 0 Å². The molecule has 0 heterocycles. The van der Waals surface area contributed by atoms with Gasteiger partial charge in [-0.15, -0.1) is 0 Å². The van der Waals surface area contributed by atoms with Crippen molar-refractivity contribution in [2.45, 2.75) is 6.92 Å². The molecule has 0 saturated carbocycles. The van der Waals surface area contributed by atoms with Crippen molar-refractivity contribution in [1.82, 2.24) is 0 Å². The molecule has 1 nitrogen and oxygen atoms in total. The van der Waals surface area contributed by atoms with E-state index in [-0.39, 0.29) is 11.6 Å². The van der Waals surface area contributed by atoms with Crippen LogP contribution in [0.3, 0.4) is 0 Å². The molecule has 2 aromatic carbocycles. The van der Waals surface area contributed by atoms with Crippen LogP contribution in [0.5, 0.6) is 5.75 Å². The molecule has 0 spiro atoms. The molecule has 0 fully saturated rings. The second-order valence-electron chi connectivity index (χ2n) is 3.51. The number of halogens is 1. The summed E-state index contributed by atoms with van der Waals surface area (Å²) in [6, 6.07) is 11.5. The van der Waals surface area contributed by atoms with Crippen LogP contribution in [0.25, 0.3) is 11.1 Å². The highest BCUT2D eigenvalue weighted by Crippen LogP contribution is 2.26. The first kappa shape index (κ1) is 9.71. The Morgan fingerprint density at radius 3 is 2.60 bits per heavy atom. The van der Waals surface area contributed by atoms with Crippen LogP contribution >= 0.6 is 0 Å². The minimum absolute atomic E-state index is 0.191. The molecule has 0 atom stereocenters. The molecule has 0 aromatic heterocycles. The number of benzene rings is 2. The molecule has 1 N–H and O–H groups in total. The van der Waals surface area contributed by atoms with Gasteiger partial charge in [0.15, 0.2) is 0 Å². The summed E-state index contributed by atoms with van der Waals surface area (Å²) >= 11 is 0. The fourth-order valence-corrected chi connectivity index (χ4v) is 1.58. The van der Waals surface area contributed by atoms with E-state index in [0.29, 0.717) is 0 Å². The van der Waals surface area contributed by atoms with Crippen LogP contribution in [0.4, 0.5) is 4.39 Å². The number of phenolic OH excluding ortho intramolecular Hbond substituents is 1. The molecule has 2 aromatic rings. The van der Waals surface area contributed by atoms with Crippen LogP contribution in [0.1, 0.15) is 5.56 Å². The lowest BCUT2D eigenvalue weighted by molar-refractivity contribution is 0.475. The number of hydrogen-bond acceptors (Lipinski definition) is 1. The van der Waals surface area contributed by atoms with Crippen molar-refractivity contribution in [1.29, 1.82) is 0 Å². The summed E-state index contributed by atoms with van der Waals surface area (Å²) in [5.41, 5.74) is 2.62. The van der Waals surface area contributed by atoms with E-state index in [1.165, 1.54) is 12.1 Å². The third kappa shape index (κ3) is 1.99. The van der Waals surface area contributed by atoms with Crippen LogP contribution < -0.4 is 0 Å². The lowest BCUT2D eigenvalue weighted by Gasteiger charge is -2.06. The summed E-state index contributed by atoms with van der Waals surface area (Å²) in [6.45, 7) is 1.92. The predicted molar refractivity (Wildman–Crippen MR) is 58.2 cm³/mol. The fraction of sp³-hybridized carbons (Fsp3) is 0.0769. The maximum atomic E-state index is 13.1. The molecular weight excluding hydrogens is 191 g/mol. The van der Waals surface area contributed by atoms with Gasteiger partial charge in [0.1, 0.15) is 11.6 Å². The van der Waals surface area contributed by atoms with Gasteiger partial charge in [-0.1, -0.05) is 18.2 Å². The monoisotopic (exact) mass is 202 g/mol. The summed E-state index contributed by atoms with van der Waals surface area (Å²) in [6.07, 6.45) is 0. The Morgan fingerprint density at radius 2 is 1.87 bits per heavy atom. The first-order valence-electron chi connectivity index (χ1n) is 4.72. The normalized spacial score (nSPS) is 10.3. The van der Waals surface area contributed by atoms with Crippen molar-refractivity contribution in [2.75, 3.05) is 0 Å². The standard InChI is InChI=1S/C13H11FO/c1-9-5-6-11(14)8-13(9)10-3-2-4-12(15)7-10/h2-8,15H,1H3. The van der Waals surface area contributed by atoms with E-state index in [1.807, 2.05) is 13.0 Å². The highest BCUT2D eigenvalue weighted by atomic mass is 19.1. The molecule has 0 unspecified atom stereocenters. The van der Waals surface area contributed by atoms with Gasteiger partial charge in [-0.3, -0.25) is 0 Å². The lowest BCUT2D eigenvalue weighted by atomic mass is 10.0. The smallest absolute Gasteiger partial charge is 0.123 e. The molecule has 15 heavy (non-hydrogen) atoms. The van der Waals surface area contributed by atoms with E-state index >= 15 is 0 Å². The van der Waals surface area contributed by atoms with E-state index in [4.69, 9.17) is 0 Å². The van der Waals surface area contributed by atoms with E-state index < -0.39 is 0 Å². The van der Waals surface area contributed by atoms with Gasteiger partial charge in [-0.25, -0.2) is 4.39 Å². The third-order valence-electron chi connectivity index (χ3n) is 2.36. The van der Waals surface area contributed by atoms with Gasteiger partial charge in [0, 0.05) is 0 Å². The lowest BCUT2D eigenvalue weighted by Crippen LogP contribution is -1.84. The van der Waals surface area contributed by atoms with E-state index in [0.717, 1.165) is 16.7 Å². The number of aromatic hydroxyl groups is 1. The summed E-state index contributed by atoms with van der Waals surface area (Å²) in [7, 11) is 0. The van der Waals surface area contributed by atoms with Gasteiger partial charge >= 0.3 is 0 Å². The van der Waals surface area contributed by atoms with Crippen molar-refractivity contribution in [3.05, 3.63) is 53.8 Å². The van der Waals surface area contributed by atoms with Gasteiger partial charge in [-0.05, 0) is 47.9 Å². The summed E-state index contributed by atoms with van der Waals surface area (Å²) in [5, 5.41) is 9.34. The summed E-state index contributed by atoms with van der Waals surface area (Å²) < 4.78 is 13.1. The molecule has 0 bridgehead atoms. The van der Waals surface area contributed by atoms with Crippen LogP contribution in [0.2, 0.25) is 0 Å². The molecular formula is C13H11FO. The van der Waals surface area contributed by atoms with Crippen LogP contribution in [0.15, 0.2) is 42.5 Å². The average Bonchev–Trinajstić information content (AvgIpc) is 2.22. The molecule has 0 aliphatic carbocycles. The van der Waals surface area contributed by atoms with Gasteiger partial charge in [0.25, 0.3) is 0 Å². The molecule has 0 saturated heterocycles. The number of aryl methyl sites for hydroxylation is 1. The second-order valence-corrected chi connectivity index (χ2v) is 3.51. The third-order valence-corrected chi connectivity index (χ3v) is 2.36. The molecule has 2 rings (SSSR count). The molecule has 0 aliphatic heterocycles. The minimum atomic E-state index is -0.265. The zero-order valence-corrected chi connectivity index (χ0v) is 8.37. The molecule has 0 radical (unpaired) electrons. The predicted octanol–water partition coefficient (Wildman–Crippen LogP) is 3.51. The first-order valence-corrected chi connectivity index (χ1v) is 4.72. The Kier molecular flexibility index (Phi) is 2.42. The molecule has 0 amide bonds. The number of phenols is 1. The van der Waals surface area contributed by atoms with E-state index in [1.54, 1.807) is 24.3 Å².